The van der Waals surface area contributed by atoms with Crippen LogP contribution in [0.2, 0.25) is 0 Å². The van der Waals surface area contributed by atoms with E-state index in [1.54, 1.807) is 13.3 Å². The van der Waals surface area contributed by atoms with Crippen LogP contribution in [-0.4, -0.2) is 31.3 Å². The molecule has 0 saturated carbocycles. The van der Waals surface area contributed by atoms with Gasteiger partial charge in [-0.3, -0.25) is 4.98 Å². The van der Waals surface area contributed by atoms with Crippen molar-refractivity contribution in [2.24, 2.45) is 0 Å². The monoisotopic (exact) mass is 280 g/mol. The molecule has 1 N–H and O–H groups in total. The third kappa shape index (κ3) is 5.10. The van der Waals surface area contributed by atoms with E-state index in [1.165, 1.54) is 0 Å². The predicted molar refractivity (Wildman–Crippen MR) is 82.1 cm³/mol. The minimum Gasteiger partial charge on any atom is -0.495 e. The molecule has 1 heterocycles. The number of rotatable bonds is 10. The van der Waals surface area contributed by atoms with Crippen LogP contribution >= 0.6 is 0 Å². The molecule has 20 heavy (non-hydrogen) atoms. The number of aromatic nitrogens is 1. The fourth-order valence-corrected chi connectivity index (χ4v) is 2.33. The van der Waals surface area contributed by atoms with Crippen LogP contribution in [0.15, 0.2) is 18.5 Å². The number of methoxy groups -OCH3 is 1. The zero-order valence-corrected chi connectivity index (χ0v) is 13.2. The molecule has 0 bridgehead atoms. The summed E-state index contributed by atoms with van der Waals surface area (Å²) in [6.45, 7) is 8.10. The average molecular weight is 280 g/mol. The van der Waals surface area contributed by atoms with Crippen molar-refractivity contribution in [1.29, 1.82) is 0 Å². The van der Waals surface area contributed by atoms with Crippen LogP contribution in [0, 0.1) is 0 Å². The van der Waals surface area contributed by atoms with Crippen molar-refractivity contribution in [2.75, 3.05) is 20.3 Å². The van der Waals surface area contributed by atoms with Crippen molar-refractivity contribution >= 4 is 0 Å². The summed E-state index contributed by atoms with van der Waals surface area (Å²) in [4.78, 5) is 4.27. The van der Waals surface area contributed by atoms with Crippen molar-refractivity contribution in [1.82, 2.24) is 10.3 Å². The molecule has 1 rings (SSSR count). The molecule has 114 valence electrons. The molecule has 0 fully saturated rings. The van der Waals surface area contributed by atoms with Crippen LogP contribution < -0.4 is 10.1 Å². The first-order valence-electron chi connectivity index (χ1n) is 7.60. The maximum Gasteiger partial charge on any atom is 0.137 e. The Kier molecular flexibility index (Phi) is 8.23. The van der Waals surface area contributed by atoms with E-state index in [9.17, 15) is 0 Å². The van der Waals surface area contributed by atoms with E-state index in [1.807, 2.05) is 19.2 Å². The topological polar surface area (TPSA) is 43.4 Å². The van der Waals surface area contributed by atoms with Gasteiger partial charge in [0.05, 0.1) is 25.5 Å². The minimum absolute atomic E-state index is 0.164. The standard InChI is InChI=1S/C16H28N2O2/c1-5-8-15(20-7-3)16(18-9-6-2)13-10-14(19-4)12-17-11-13/h10-12,15-16,18H,5-9H2,1-4H3. The highest BCUT2D eigenvalue weighted by Crippen LogP contribution is 2.25. The molecule has 1 aromatic rings. The molecule has 0 aliphatic rings. The smallest absolute Gasteiger partial charge is 0.137 e. The number of hydrogen-bond acceptors (Lipinski definition) is 4. The van der Waals surface area contributed by atoms with Gasteiger partial charge < -0.3 is 14.8 Å². The second kappa shape index (κ2) is 9.72. The molecule has 4 heteroatoms. The minimum atomic E-state index is 0.164. The summed E-state index contributed by atoms with van der Waals surface area (Å²) in [5, 5.41) is 3.59. The van der Waals surface area contributed by atoms with Crippen molar-refractivity contribution in [3.8, 4) is 5.75 Å². The Morgan fingerprint density at radius 1 is 1.20 bits per heavy atom. The van der Waals surface area contributed by atoms with Gasteiger partial charge >= 0.3 is 0 Å². The van der Waals surface area contributed by atoms with E-state index in [0.717, 1.165) is 43.7 Å². The van der Waals surface area contributed by atoms with E-state index < -0.39 is 0 Å². The summed E-state index contributed by atoms with van der Waals surface area (Å²) in [5.41, 5.74) is 1.13. The highest BCUT2D eigenvalue weighted by Gasteiger charge is 2.23. The summed E-state index contributed by atoms with van der Waals surface area (Å²) < 4.78 is 11.2. The average Bonchev–Trinajstić information content (AvgIpc) is 2.48. The molecular weight excluding hydrogens is 252 g/mol. The summed E-state index contributed by atoms with van der Waals surface area (Å²) in [7, 11) is 1.67. The summed E-state index contributed by atoms with van der Waals surface area (Å²) in [5.74, 6) is 0.789. The normalized spacial score (nSPS) is 14.0. The number of nitrogens with one attached hydrogen (secondary N) is 1. The molecule has 2 unspecified atom stereocenters. The summed E-state index contributed by atoms with van der Waals surface area (Å²) in [6.07, 6.45) is 7.04. The summed E-state index contributed by atoms with van der Waals surface area (Å²) >= 11 is 0. The fraction of sp³-hybridized carbons (Fsp3) is 0.688. The highest BCUT2D eigenvalue weighted by molar-refractivity contribution is 5.26. The van der Waals surface area contributed by atoms with Crippen molar-refractivity contribution in [2.45, 2.75) is 52.2 Å². The summed E-state index contributed by atoms with van der Waals surface area (Å²) in [6, 6.07) is 2.21. The molecule has 0 radical (unpaired) electrons. The molecule has 0 aliphatic carbocycles. The quantitative estimate of drug-likeness (QED) is 0.714. The first-order valence-corrected chi connectivity index (χ1v) is 7.60. The molecule has 0 spiro atoms. The van der Waals surface area contributed by atoms with Crippen molar-refractivity contribution < 1.29 is 9.47 Å². The lowest BCUT2D eigenvalue weighted by Gasteiger charge is -2.28. The fourth-order valence-electron chi connectivity index (χ4n) is 2.33. The zero-order valence-electron chi connectivity index (χ0n) is 13.2. The highest BCUT2D eigenvalue weighted by atomic mass is 16.5. The lowest BCUT2D eigenvalue weighted by Crippen LogP contribution is -2.34. The second-order valence-corrected chi connectivity index (χ2v) is 4.87. The van der Waals surface area contributed by atoms with Gasteiger partial charge in [-0.1, -0.05) is 20.3 Å². The van der Waals surface area contributed by atoms with Crippen LogP contribution in [-0.2, 0) is 4.74 Å². The van der Waals surface area contributed by atoms with E-state index in [2.05, 4.69) is 24.1 Å². The lowest BCUT2D eigenvalue weighted by atomic mass is 9.99. The van der Waals surface area contributed by atoms with E-state index in [0.29, 0.717) is 0 Å². The number of hydrogen-bond donors (Lipinski definition) is 1. The van der Waals surface area contributed by atoms with Crippen LogP contribution in [0.5, 0.6) is 5.75 Å². The van der Waals surface area contributed by atoms with Gasteiger partial charge in [0, 0.05) is 12.8 Å². The number of pyridine rings is 1. The van der Waals surface area contributed by atoms with Gasteiger partial charge in [-0.15, -0.1) is 0 Å². The Bertz CT molecular complexity index is 365. The zero-order chi connectivity index (χ0) is 14.8. The molecule has 0 aliphatic heterocycles. The van der Waals surface area contributed by atoms with Gasteiger partial charge in [-0.05, 0) is 37.9 Å². The largest absolute Gasteiger partial charge is 0.495 e. The third-order valence-corrected chi connectivity index (χ3v) is 3.27. The predicted octanol–water partition coefficient (Wildman–Crippen LogP) is 3.34. The van der Waals surface area contributed by atoms with E-state index in [-0.39, 0.29) is 12.1 Å². The Labute approximate surface area is 122 Å². The molecule has 1 aromatic heterocycles. The maximum atomic E-state index is 5.94. The molecule has 0 amide bonds. The maximum absolute atomic E-state index is 5.94. The Hall–Kier alpha value is -1.13. The Morgan fingerprint density at radius 2 is 2.00 bits per heavy atom. The molecule has 4 nitrogen and oxygen atoms in total. The Morgan fingerprint density at radius 3 is 2.60 bits per heavy atom. The van der Waals surface area contributed by atoms with Crippen LogP contribution in [0.3, 0.4) is 0 Å². The van der Waals surface area contributed by atoms with Crippen LogP contribution in [0.4, 0.5) is 0 Å². The number of nitrogens with zero attached hydrogens (tertiary/aromatic N) is 1. The lowest BCUT2D eigenvalue weighted by molar-refractivity contribution is 0.0275. The molecule has 2 atom stereocenters. The molecule has 0 aromatic carbocycles. The SMILES string of the molecule is CCCNC(c1cncc(OC)c1)C(CCC)OCC. The van der Waals surface area contributed by atoms with Gasteiger partial charge in [-0.2, -0.15) is 0 Å². The van der Waals surface area contributed by atoms with Crippen LogP contribution in [0.25, 0.3) is 0 Å². The van der Waals surface area contributed by atoms with Crippen LogP contribution in [0.1, 0.15) is 51.6 Å². The van der Waals surface area contributed by atoms with E-state index >= 15 is 0 Å². The van der Waals surface area contributed by atoms with Gasteiger partial charge in [-0.25, -0.2) is 0 Å². The third-order valence-electron chi connectivity index (χ3n) is 3.27. The van der Waals surface area contributed by atoms with Gasteiger partial charge in [0.2, 0.25) is 0 Å². The Balaban J connectivity index is 2.94. The first-order chi connectivity index (χ1) is 9.76. The van der Waals surface area contributed by atoms with Gasteiger partial charge in [0.1, 0.15) is 5.75 Å². The molecule has 0 saturated heterocycles. The van der Waals surface area contributed by atoms with Crippen molar-refractivity contribution in [3.05, 3.63) is 24.0 Å². The van der Waals surface area contributed by atoms with E-state index in [4.69, 9.17) is 9.47 Å². The molecular formula is C16H28N2O2. The van der Waals surface area contributed by atoms with Gasteiger partial charge in [0.25, 0.3) is 0 Å². The van der Waals surface area contributed by atoms with Crippen molar-refractivity contribution in [3.63, 3.8) is 0 Å². The second-order valence-electron chi connectivity index (χ2n) is 4.87. The first kappa shape index (κ1) is 16.9. The van der Waals surface area contributed by atoms with Gasteiger partial charge in [0.15, 0.2) is 0 Å². The number of ether oxygens (including phenoxy) is 2.